The van der Waals surface area contributed by atoms with Crippen molar-refractivity contribution >= 4 is 11.6 Å². The third kappa shape index (κ3) is 4.99. The lowest BCUT2D eigenvalue weighted by Gasteiger charge is -2.10. The Kier molecular flexibility index (Phi) is 5.33. The summed E-state index contributed by atoms with van der Waals surface area (Å²) in [6.07, 6.45) is 6.51. The van der Waals surface area contributed by atoms with Gasteiger partial charge in [-0.25, -0.2) is 4.39 Å². The Morgan fingerprint density at radius 2 is 2.11 bits per heavy atom. The van der Waals surface area contributed by atoms with Crippen LogP contribution in [-0.4, -0.2) is 19.0 Å². The van der Waals surface area contributed by atoms with Gasteiger partial charge in [-0.3, -0.25) is 4.79 Å². The monoisotopic (exact) mass is 264 g/mol. The van der Waals surface area contributed by atoms with Crippen LogP contribution in [-0.2, 0) is 4.79 Å². The first kappa shape index (κ1) is 14.0. The minimum absolute atomic E-state index is 0.128. The zero-order valence-electron chi connectivity index (χ0n) is 11.1. The van der Waals surface area contributed by atoms with Gasteiger partial charge in [0.25, 0.3) is 0 Å². The number of hydrogen-bond donors (Lipinski definition) is 2. The molecule has 1 aromatic carbocycles. The van der Waals surface area contributed by atoms with Gasteiger partial charge in [-0.1, -0.05) is 31.7 Å². The highest BCUT2D eigenvalue weighted by Gasteiger charge is 2.14. The molecule has 1 amide bonds. The predicted molar refractivity (Wildman–Crippen MR) is 74.5 cm³/mol. The van der Waals surface area contributed by atoms with Crippen LogP contribution in [0.15, 0.2) is 24.3 Å². The molecule has 2 N–H and O–H groups in total. The molecular formula is C15H21FN2O. The molecule has 104 valence electrons. The summed E-state index contributed by atoms with van der Waals surface area (Å²) in [7, 11) is 0. The SMILES string of the molecule is O=C(CNCCC1CCCC1)Nc1cccc(F)c1. The predicted octanol–water partition coefficient (Wildman–Crippen LogP) is 2.93. The number of benzene rings is 1. The van der Waals surface area contributed by atoms with E-state index >= 15 is 0 Å². The Hall–Kier alpha value is -1.42. The highest BCUT2D eigenvalue weighted by atomic mass is 19.1. The van der Waals surface area contributed by atoms with Crippen molar-refractivity contribution in [2.75, 3.05) is 18.4 Å². The van der Waals surface area contributed by atoms with E-state index in [1.165, 1.54) is 37.8 Å². The maximum atomic E-state index is 12.9. The summed E-state index contributed by atoms with van der Waals surface area (Å²) in [6, 6.07) is 5.93. The van der Waals surface area contributed by atoms with Crippen LogP contribution >= 0.6 is 0 Å². The summed E-state index contributed by atoms with van der Waals surface area (Å²) in [4.78, 5) is 11.6. The van der Waals surface area contributed by atoms with Gasteiger partial charge in [-0.15, -0.1) is 0 Å². The molecule has 1 aliphatic rings. The van der Waals surface area contributed by atoms with Crippen molar-refractivity contribution in [3.05, 3.63) is 30.1 Å². The van der Waals surface area contributed by atoms with E-state index in [1.54, 1.807) is 12.1 Å². The molecule has 0 atom stereocenters. The maximum absolute atomic E-state index is 12.9. The summed E-state index contributed by atoms with van der Waals surface area (Å²) < 4.78 is 12.9. The van der Waals surface area contributed by atoms with Gasteiger partial charge in [0.2, 0.25) is 5.91 Å². The largest absolute Gasteiger partial charge is 0.325 e. The molecule has 1 aromatic rings. The number of carbonyl (C=O) groups is 1. The van der Waals surface area contributed by atoms with Gasteiger partial charge in [0.05, 0.1) is 6.54 Å². The summed E-state index contributed by atoms with van der Waals surface area (Å²) in [5.74, 6) is 0.364. The Labute approximate surface area is 113 Å². The molecule has 19 heavy (non-hydrogen) atoms. The smallest absolute Gasteiger partial charge is 0.238 e. The molecule has 1 fully saturated rings. The second-order valence-electron chi connectivity index (χ2n) is 5.17. The van der Waals surface area contributed by atoms with E-state index in [9.17, 15) is 9.18 Å². The number of anilines is 1. The molecule has 2 rings (SSSR count). The van der Waals surface area contributed by atoms with Crippen molar-refractivity contribution in [3.8, 4) is 0 Å². The quantitative estimate of drug-likeness (QED) is 0.776. The van der Waals surface area contributed by atoms with Crippen LogP contribution in [0.25, 0.3) is 0 Å². The van der Waals surface area contributed by atoms with Crippen molar-refractivity contribution in [2.24, 2.45) is 5.92 Å². The van der Waals surface area contributed by atoms with Crippen molar-refractivity contribution in [1.82, 2.24) is 5.32 Å². The Bertz CT molecular complexity index is 416. The van der Waals surface area contributed by atoms with E-state index in [-0.39, 0.29) is 18.3 Å². The molecular weight excluding hydrogens is 243 g/mol. The molecule has 0 heterocycles. The summed E-state index contributed by atoms with van der Waals surface area (Å²) in [6.45, 7) is 1.16. The topological polar surface area (TPSA) is 41.1 Å². The van der Waals surface area contributed by atoms with Crippen LogP contribution < -0.4 is 10.6 Å². The maximum Gasteiger partial charge on any atom is 0.238 e. The Morgan fingerprint density at radius 3 is 2.84 bits per heavy atom. The van der Waals surface area contributed by atoms with Crippen LogP contribution in [0, 0.1) is 11.7 Å². The highest BCUT2D eigenvalue weighted by molar-refractivity contribution is 5.92. The van der Waals surface area contributed by atoms with E-state index in [4.69, 9.17) is 0 Å². The number of carbonyl (C=O) groups excluding carboxylic acids is 1. The van der Waals surface area contributed by atoms with Crippen molar-refractivity contribution in [1.29, 1.82) is 0 Å². The second-order valence-corrected chi connectivity index (χ2v) is 5.17. The van der Waals surface area contributed by atoms with Gasteiger partial charge in [-0.05, 0) is 37.1 Å². The van der Waals surface area contributed by atoms with Crippen LogP contribution in [0.2, 0.25) is 0 Å². The van der Waals surface area contributed by atoms with E-state index in [2.05, 4.69) is 10.6 Å². The van der Waals surface area contributed by atoms with E-state index in [1.807, 2.05) is 0 Å². The molecule has 0 unspecified atom stereocenters. The molecule has 0 bridgehead atoms. The van der Waals surface area contributed by atoms with Crippen LogP contribution in [0.5, 0.6) is 0 Å². The van der Waals surface area contributed by atoms with Crippen molar-refractivity contribution in [3.63, 3.8) is 0 Å². The zero-order valence-corrected chi connectivity index (χ0v) is 11.1. The molecule has 0 saturated heterocycles. The first-order valence-corrected chi connectivity index (χ1v) is 7.00. The zero-order chi connectivity index (χ0) is 13.5. The van der Waals surface area contributed by atoms with E-state index in [0.29, 0.717) is 5.69 Å². The van der Waals surface area contributed by atoms with E-state index in [0.717, 1.165) is 18.9 Å². The lowest BCUT2D eigenvalue weighted by molar-refractivity contribution is -0.115. The average Bonchev–Trinajstić information content (AvgIpc) is 2.88. The third-order valence-corrected chi connectivity index (χ3v) is 3.60. The molecule has 0 aromatic heterocycles. The summed E-state index contributed by atoms with van der Waals surface area (Å²) in [5.41, 5.74) is 0.502. The van der Waals surface area contributed by atoms with Gasteiger partial charge in [0.15, 0.2) is 0 Å². The first-order valence-electron chi connectivity index (χ1n) is 7.00. The Balaban J connectivity index is 1.61. The van der Waals surface area contributed by atoms with Crippen LogP contribution in [0.4, 0.5) is 10.1 Å². The molecule has 0 spiro atoms. The number of amides is 1. The van der Waals surface area contributed by atoms with Crippen molar-refractivity contribution < 1.29 is 9.18 Å². The van der Waals surface area contributed by atoms with Crippen molar-refractivity contribution in [2.45, 2.75) is 32.1 Å². The van der Waals surface area contributed by atoms with Gasteiger partial charge < -0.3 is 10.6 Å². The molecule has 1 aliphatic carbocycles. The minimum atomic E-state index is -0.341. The standard InChI is InChI=1S/C15H21FN2O/c16-13-6-3-7-14(10-13)18-15(19)11-17-9-8-12-4-1-2-5-12/h3,6-7,10,12,17H,1-2,4-5,8-9,11H2,(H,18,19). The minimum Gasteiger partial charge on any atom is -0.325 e. The fourth-order valence-corrected chi connectivity index (χ4v) is 2.58. The first-order chi connectivity index (χ1) is 9.24. The number of halogens is 1. The molecule has 1 saturated carbocycles. The highest BCUT2D eigenvalue weighted by Crippen LogP contribution is 2.26. The molecule has 0 radical (unpaired) electrons. The van der Waals surface area contributed by atoms with Gasteiger partial charge in [0, 0.05) is 5.69 Å². The lowest BCUT2D eigenvalue weighted by atomic mass is 10.0. The normalized spacial score (nSPS) is 15.6. The van der Waals surface area contributed by atoms with Gasteiger partial charge >= 0.3 is 0 Å². The van der Waals surface area contributed by atoms with E-state index < -0.39 is 0 Å². The van der Waals surface area contributed by atoms with Gasteiger partial charge in [0.1, 0.15) is 5.82 Å². The van der Waals surface area contributed by atoms with Gasteiger partial charge in [-0.2, -0.15) is 0 Å². The Morgan fingerprint density at radius 1 is 1.32 bits per heavy atom. The fraction of sp³-hybridized carbons (Fsp3) is 0.533. The summed E-state index contributed by atoms with van der Waals surface area (Å²) in [5, 5.41) is 5.81. The van der Waals surface area contributed by atoms with Crippen LogP contribution in [0.1, 0.15) is 32.1 Å². The molecule has 3 nitrogen and oxygen atoms in total. The number of hydrogen-bond acceptors (Lipinski definition) is 2. The second kappa shape index (κ2) is 7.24. The molecule has 0 aliphatic heterocycles. The third-order valence-electron chi connectivity index (χ3n) is 3.60. The average molecular weight is 264 g/mol. The van der Waals surface area contributed by atoms with Crippen LogP contribution in [0.3, 0.4) is 0 Å². The summed E-state index contributed by atoms with van der Waals surface area (Å²) >= 11 is 0. The number of nitrogens with one attached hydrogen (secondary N) is 2. The number of rotatable bonds is 6. The fourth-order valence-electron chi connectivity index (χ4n) is 2.58. The molecule has 4 heteroatoms. The lowest BCUT2D eigenvalue weighted by Crippen LogP contribution is -2.29.